The molecule has 2 N–H and O–H groups in total. The molecule has 0 saturated heterocycles. The van der Waals surface area contributed by atoms with Gasteiger partial charge in [-0.05, 0) is 38.1 Å². The van der Waals surface area contributed by atoms with E-state index in [1.54, 1.807) is 38.1 Å². The van der Waals surface area contributed by atoms with E-state index in [0.29, 0.717) is 11.1 Å². The smallest absolute Gasteiger partial charge is 0.335 e. The van der Waals surface area contributed by atoms with Crippen LogP contribution in [-0.4, -0.2) is 35.4 Å². The lowest BCUT2D eigenvalue weighted by molar-refractivity contribution is -0.213. The number of hydrogen-bond donors (Lipinski definition) is 2. The summed E-state index contributed by atoms with van der Waals surface area (Å²) in [6, 6.07) is 12.5. The summed E-state index contributed by atoms with van der Waals surface area (Å²) in [6.07, 6.45) is 0. The van der Waals surface area contributed by atoms with Crippen molar-refractivity contribution in [2.45, 2.75) is 19.6 Å². The highest BCUT2D eigenvalue weighted by Crippen LogP contribution is 2.36. The molecule has 2 rings (SSSR count). The van der Waals surface area contributed by atoms with Gasteiger partial charge in [-0.2, -0.15) is 0 Å². The molecule has 0 aromatic heterocycles. The quantitative estimate of drug-likeness (QED) is 0.713. The summed E-state index contributed by atoms with van der Waals surface area (Å²) in [6.45, 7) is 4.15. The maximum atomic E-state index is 11.3. The van der Waals surface area contributed by atoms with Crippen LogP contribution in [0.25, 0.3) is 0 Å². The third-order valence-electron chi connectivity index (χ3n) is 3.67. The number of rotatable bonds is 8. The Morgan fingerprint density at radius 3 is 1.56 bits per heavy atom. The fourth-order valence-electron chi connectivity index (χ4n) is 2.66. The maximum Gasteiger partial charge on any atom is 0.335 e. The molecule has 0 unspecified atom stereocenters. The van der Waals surface area contributed by atoms with Crippen molar-refractivity contribution in [3.05, 3.63) is 70.8 Å². The molecule has 0 aliphatic carbocycles. The first kappa shape index (κ1) is 18.6. The number of aromatic carboxylic acids is 2. The van der Waals surface area contributed by atoms with Crippen LogP contribution in [0.4, 0.5) is 0 Å². The molecule has 0 amide bonds. The second-order valence-electron chi connectivity index (χ2n) is 5.25. The Bertz CT molecular complexity index is 703. The van der Waals surface area contributed by atoms with Crippen LogP contribution in [0.5, 0.6) is 0 Å². The molecule has 2 aromatic rings. The summed E-state index contributed by atoms with van der Waals surface area (Å²) >= 11 is 0. The first-order chi connectivity index (χ1) is 11.9. The summed E-state index contributed by atoms with van der Waals surface area (Å²) in [5.41, 5.74) is 1.16. The van der Waals surface area contributed by atoms with Gasteiger partial charge in [0.15, 0.2) is 0 Å². The maximum absolute atomic E-state index is 11.3. The zero-order chi connectivity index (χ0) is 18.4. The number of carbonyl (C=O) groups is 2. The van der Waals surface area contributed by atoms with Crippen molar-refractivity contribution in [2.24, 2.45) is 0 Å². The molecular weight excluding hydrogens is 324 g/mol. The highest BCUT2D eigenvalue weighted by molar-refractivity contribution is 5.88. The largest absolute Gasteiger partial charge is 0.478 e. The minimum absolute atomic E-state index is 0.0932. The molecule has 0 spiro atoms. The van der Waals surface area contributed by atoms with Gasteiger partial charge in [-0.25, -0.2) is 9.59 Å². The summed E-state index contributed by atoms with van der Waals surface area (Å²) in [7, 11) is 0. The molecular formula is C19H20O6. The highest BCUT2D eigenvalue weighted by Gasteiger charge is 2.37. The Balaban J connectivity index is 2.69. The third-order valence-corrected chi connectivity index (χ3v) is 3.67. The predicted octanol–water partition coefficient (Wildman–Crippen LogP) is 3.36. The molecule has 0 fully saturated rings. The van der Waals surface area contributed by atoms with Crippen molar-refractivity contribution < 1.29 is 29.3 Å². The fourth-order valence-corrected chi connectivity index (χ4v) is 2.66. The van der Waals surface area contributed by atoms with Crippen molar-refractivity contribution in [1.82, 2.24) is 0 Å². The van der Waals surface area contributed by atoms with Crippen LogP contribution in [-0.2, 0) is 15.3 Å². The van der Waals surface area contributed by atoms with Crippen molar-refractivity contribution in [3.63, 3.8) is 0 Å². The lowest BCUT2D eigenvalue weighted by atomic mass is 9.94. The summed E-state index contributed by atoms with van der Waals surface area (Å²) in [4.78, 5) is 22.6. The van der Waals surface area contributed by atoms with E-state index in [0.717, 1.165) is 0 Å². The summed E-state index contributed by atoms with van der Waals surface area (Å²) in [5.74, 6) is -3.52. The monoisotopic (exact) mass is 344 g/mol. The molecule has 2 aromatic carbocycles. The predicted molar refractivity (Wildman–Crippen MR) is 90.8 cm³/mol. The van der Waals surface area contributed by atoms with Crippen molar-refractivity contribution in [2.75, 3.05) is 13.2 Å². The van der Waals surface area contributed by atoms with E-state index < -0.39 is 17.7 Å². The standard InChI is InChI=1S/C19H20O6/c1-3-24-19(25-4-2,15-9-5-7-13(11-15)17(20)21)16-10-6-8-14(12-16)18(22)23/h5-12H,3-4H2,1-2H3,(H,20,21)(H,22,23). The second-order valence-corrected chi connectivity index (χ2v) is 5.25. The Labute approximate surface area is 145 Å². The molecule has 6 heteroatoms. The van der Waals surface area contributed by atoms with E-state index in [4.69, 9.17) is 9.47 Å². The number of benzene rings is 2. The summed E-state index contributed by atoms with van der Waals surface area (Å²) < 4.78 is 11.8. The van der Waals surface area contributed by atoms with Gasteiger partial charge in [-0.1, -0.05) is 24.3 Å². The van der Waals surface area contributed by atoms with Crippen LogP contribution in [0.15, 0.2) is 48.5 Å². The van der Waals surface area contributed by atoms with Crippen molar-refractivity contribution >= 4 is 11.9 Å². The van der Waals surface area contributed by atoms with E-state index in [9.17, 15) is 19.8 Å². The molecule has 0 bridgehead atoms. The SMILES string of the molecule is CCOC(OCC)(c1cccc(C(=O)O)c1)c1cccc(C(=O)O)c1. The molecule has 25 heavy (non-hydrogen) atoms. The summed E-state index contributed by atoms with van der Waals surface area (Å²) in [5, 5.41) is 18.5. The zero-order valence-electron chi connectivity index (χ0n) is 14.1. The van der Waals surface area contributed by atoms with E-state index in [2.05, 4.69) is 0 Å². The Kier molecular flexibility index (Phi) is 5.90. The lowest BCUT2D eigenvalue weighted by Crippen LogP contribution is -2.35. The number of carboxylic acids is 2. The van der Waals surface area contributed by atoms with Crippen LogP contribution in [0, 0.1) is 0 Å². The van der Waals surface area contributed by atoms with Gasteiger partial charge >= 0.3 is 11.9 Å². The third kappa shape index (κ3) is 3.87. The van der Waals surface area contributed by atoms with Gasteiger partial charge in [0, 0.05) is 24.3 Å². The Hall–Kier alpha value is -2.70. The Morgan fingerprint density at radius 2 is 1.24 bits per heavy atom. The van der Waals surface area contributed by atoms with Gasteiger partial charge < -0.3 is 19.7 Å². The molecule has 0 radical (unpaired) electrons. The van der Waals surface area contributed by atoms with Gasteiger partial charge in [0.25, 0.3) is 0 Å². The van der Waals surface area contributed by atoms with E-state index in [1.165, 1.54) is 24.3 Å². The minimum atomic E-state index is -1.39. The van der Waals surface area contributed by atoms with Crippen LogP contribution < -0.4 is 0 Å². The van der Waals surface area contributed by atoms with E-state index in [-0.39, 0.29) is 24.3 Å². The average molecular weight is 344 g/mol. The van der Waals surface area contributed by atoms with Gasteiger partial charge in [0.05, 0.1) is 11.1 Å². The van der Waals surface area contributed by atoms with Gasteiger partial charge in [-0.3, -0.25) is 0 Å². The van der Waals surface area contributed by atoms with Gasteiger partial charge in [-0.15, -0.1) is 0 Å². The molecule has 0 aliphatic heterocycles. The number of hydrogen-bond acceptors (Lipinski definition) is 4. The topological polar surface area (TPSA) is 93.1 Å². The highest BCUT2D eigenvalue weighted by atomic mass is 16.7. The molecule has 0 heterocycles. The molecule has 132 valence electrons. The molecule has 0 aliphatic rings. The number of carboxylic acid groups (broad SMARTS) is 2. The number of ether oxygens (including phenoxy) is 2. The average Bonchev–Trinajstić information content (AvgIpc) is 2.61. The molecule has 0 atom stereocenters. The lowest BCUT2D eigenvalue weighted by Gasteiger charge is -2.34. The van der Waals surface area contributed by atoms with Crippen molar-refractivity contribution in [1.29, 1.82) is 0 Å². The second kappa shape index (κ2) is 7.92. The van der Waals surface area contributed by atoms with E-state index >= 15 is 0 Å². The zero-order valence-corrected chi connectivity index (χ0v) is 14.1. The van der Waals surface area contributed by atoms with Gasteiger partial charge in [0.2, 0.25) is 5.79 Å². The van der Waals surface area contributed by atoms with Crippen LogP contribution in [0.2, 0.25) is 0 Å². The van der Waals surface area contributed by atoms with Gasteiger partial charge in [0.1, 0.15) is 0 Å². The normalized spacial score (nSPS) is 11.3. The van der Waals surface area contributed by atoms with Crippen molar-refractivity contribution in [3.8, 4) is 0 Å². The van der Waals surface area contributed by atoms with Crippen LogP contribution in [0.1, 0.15) is 45.7 Å². The van der Waals surface area contributed by atoms with E-state index in [1.807, 2.05) is 0 Å². The molecule has 0 saturated carbocycles. The first-order valence-electron chi connectivity index (χ1n) is 7.90. The Morgan fingerprint density at radius 1 is 0.840 bits per heavy atom. The van der Waals surface area contributed by atoms with Crippen LogP contribution in [0.3, 0.4) is 0 Å². The fraction of sp³-hybridized carbons (Fsp3) is 0.263. The minimum Gasteiger partial charge on any atom is -0.478 e. The molecule has 6 nitrogen and oxygen atoms in total. The van der Waals surface area contributed by atoms with Crippen LogP contribution >= 0.6 is 0 Å². The first-order valence-corrected chi connectivity index (χ1v) is 7.90.